The third-order valence-electron chi connectivity index (χ3n) is 8.10. The van der Waals surface area contributed by atoms with Gasteiger partial charge in [-0.25, -0.2) is 9.97 Å². The van der Waals surface area contributed by atoms with Gasteiger partial charge in [-0.1, -0.05) is 97.1 Å². The molecule has 0 spiro atoms. The predicted molar refractivity (Wildman–Crippen MR) is 162 cm³/mol. The molecular formula is C36H20N2. The van der Waals surface area contributed by atoms with Gasteiger partial charge in [-0.2, -0.15) is 0 Å². The van der Waals surface area contributed by atoms with Crippen molar-refractivity contribution in [3.63, 3.8) is 0 Å². The van der Waals surface area contributed by atoms with Crippen LogP contribution in [0.2, 0.25) is 0 Å². The minimum Gasteiger partial charge on any atom is -0.246 e. The maximum atomic E-state index is 5.29. The second-order valence-electron chi connectivity index (χ2n) is 10.3. The van der Waals surface area contributed by atoms with Crippen LogP contribution in [0.1, 0.15) is 0 Å². The van der Waals surface area contributed by atoms with Crippen molar-refractivity contribution in [3.8, 4) is 0 Å². The van der Waals surface area contributed by atoms with Gasteiger partial charge in [0.15, 0.2) is 0 Å². The first-order chi connectivity index (χ1) is 18.8. The van der Waals surface area contributed by atoms with Crippen LogP contribution in [-0.2, 0) is 0 Å². The maximum absolute atomic E-state index is 5.29. The molecule has 0 unspecified atom stereocenters. The molecule has 9 rings (SSSR count). The van der Waals surface area contributed by atoms with Crippen molar-refractivity contribution in [1.29, 1.82) is 0 Å². The Morgan fingerprint density at radius 2 is 0.605 bits per heavy atom. The molecule has 0 radical (unpaired) electrons. The normalized spacial score (nSPS) is 12.2. The molecule has 2 heteroatoms. The Morgan fingerprint density at radius 1 is 0.263 bits per heavy atom. The molecule has 0 aliphatic carbocycles. The highest BCUT2D eigenvalue weighted by Gasteiger charge is 2.12. The van der Waals surface area contributed by atoms with Crippen molar-refractivity contribution in [3.05, 3.63) is 121 Å². The van der Waals surface area contributed by atoms with E-state index in [1.54, 1.807) is 0 Å². The number of pyridine rings is 2. The summed E-state index contributed by atoms with van der Waals surface area (Å²) in [7, 11) is 0. The highest BCUT2D eigenvalue weighted by molar-refractivity contribution is 6.19. The monoisotopic (exact) mass is 480 g/mol. The molecule has 0 aliphatic rings. The molecule has 0 fully saturated rings. The van der Waals surface area contributed by atoms with Gasteiger partial charge in [-0.3, -0.25) is 0 Å². The average Bonchev–Trinajstić information content (AvgIpc) is 2.98. The van der Waals surface area contributed by atoms with Crippen molar-refractivity contribution >= 4 is 86.7 Å². The Morgan fingerprint density at radius 3 is 1.08 bits per heavy atom. The summed E-state index contributed by atoms with van der Waals surface area (Å²) in [5.41, 5.74) is 4.18. The van der Waals surface area contributed by atoms with E-state index < -0.39 is 0 Å². The second-order valence-corrected chi connectivity index (χ2v) is 10.3. The van der Waals surface area contributed by atoms with Crippen molar-refractivity contribution in [1.82, 2.24) is 9.97 Å². The van der Waals surface area contributed by atoms with Crippen LogP contribution in [0.3, 0.4) is 0 Å². The molecule has 0 saturated carbocycles. The zero-order valence-corrected chi connectivity index (χ0v) is 20.4. The van der Waals surface area contributed by atoms with Crippen LogP contribution < -0.4 is 0 Å². The van der Waals surface area contributed by atoms with Gasteiger partial charge in [0.1, 0.15) is 0 Å². The molecular weight excluding hydrogens is 460 g/mol. The quantitative estimate of drug-likeness (QED) is 0.159. The van der Waals surface area contributed by atoms with Gasteiger partial charge >= 0.3 is 0 Å². The molecule has 0 aliphatic heterocycles. The Balaban J connectivity index is 1.43. The molecule has 0 saturated heterocycles. The number of rotatable bonds is 0. The fourth-order valence-electron chi connectivity index (χ4n) is 6.22. The standard InChI is InChI=1S/C36H20N2/c1-3-7-29-21(5-1)9-13-25-18-27-15-11-23-17-24-12-16-28-19-26-14-10-22-6-2-4-8-30(22)34(26)38-36(28)32(24)20-31(23)35(27)37-33(25)29/h1-20H. The number of hydrogen-bond acceptors (Lipinski definition) is 2. The first-order valence-electron chi connectivity index (χ1n) is 13.0. The van der Waals surface area contributed by atoms with Crippen LogP contribution >= 0.6 is 0 Å². The van der Waals surface area contributed by atoms with E-state index >= 15 is 0 Å². The Kier molecular flexibility index (Phi) is 3.82. The van der Waals surface area contributed by atoms with E-state index in [2.05, 4.69) is 121 Å². The van der Waals surface area contributed by atoms with Gasteiger partial charge in [0.25, 0.3) is 0 Å². The van der Waals surface area contributed by atoms with E-state index in [4.69, 9.17) is 9.97 Å². The summed E-state index contributed by atoms with van der Waals surface area (Å²) >= 11 is 0. The fraction of sp³-hybridized carbons (Fsp3) is 0. The minimum absolute atomic E-state index is 1.04. The lowest BCUT2D eigenvalue weighted by molar-refractivity contribution is 1.53. The SMILES string of the molecule is c1ccc2c(c1)ccc1cc3ccc4cc5ccc6cc7ccc8ccccc8c7nc6c5cc4c3nc12. The van der Waals surface area contributed by atoms with E-state index in [1.165, 1.54) is 43.1 Å². The smallest absolute Gasteiger partial charge is 0.0788 e. The molecule has 0 N–H and O–H groups in total. The lowest BCUT2D eigenvalue weighted by atomic mass is 9.97. The predicted octanol–water partition coefficient (Wildman–Crippen LogP) is 9.70. The first kappa shape index (κ1) is 20.0. The number of nitrogens with zero attached hydrogens (tertiary/aromatic N) is 2. The van der Waals surface area contributed by atoms with E-state index in [1.807, 2.05) is 0 Å². The summed E-state index contributed by atoms with van der Waals surface area (Å²) < 4.78 is 0. The summed E-state index contributed by atoms with van der Waals surface area (Å²) in [6.07, 6.45) is 0. The molecule has 7 aromatic carbocycles. The zero-order valence-electron chi connectivity index (χ0n) is 20.4. The zero-order chi connectivity index (χ0) is 24.8. The van der Waals surface area contributed by atoms with Gasteiger partial charge in [0.05, 0.1) is 22.1 Å². The van der Waals surface area contributed by atoms with Crippen molar-refractivity contribution in [2.24, 2.45) is 0 Å². The van der Waals surface area contributed by atoms with Crippen molar-refractivity contribution in [2.75, 3.05) is 0 Å². The van der Waals surface area contributed by atoms with Gasteiger partial charge < -0.3 is 0 Å². The summed E-state index contributed by atoms with van der Waals surface area (Å²) in [4.78, 5) is 10.6. The van der Waals surface area contributed by atoms with E-state index in [9.17, 15) is 0 Å². The third kappa shape index (κ3) is 2.72. The highest BCUT2D eigenvalue weighted by atomic mass is 14.7. The van der Waals surface area contributed by atoms with Crippen LogP contribution in [-0.4, -0.2) is 9.97 Å². The molecule has 0 bridgehead atoms. The molecule has 2 nitrogen and oxygen atoms in total. The third-order valence-corrected chi connectivity index (χ3v) is 8.10. The number of aromatic nitrogens is 2. The number of benzene rings is 7. The van der Waals surface area contributed by atoms with Crippen LogP contribution in [0.5, 0.6) is 0 Å². The second kappa shape index (κ2) is 7.24. The minimum atomic E-state index is 1.04. The van der Waals surface area contributed by atoms with Crippen LogP contribution in [0.4, 0.5) is 0 Å². The van der Waals surface area contributed by atoms with E-state index in [0.717, 1.165) is 43.6 Å². The topological polar surface area (TPSA) is 25.8 Å². The van der Waals surface area contributed by atoms with Crippen LogP contribution in [0.15, 0.2) is 121 Å². The Labute approximate surface area is 217 Å². The molecule has 2 heterocycles. The van der Waals surface area contributed by atoms with Crippen LogP contribution in [0, 0.1) is 0 Å². The van der Waals surface area contributed by atoms with Crippen LogP contribution in [0.25, 0.3) is 86.7 Å². The fourth-order valence-corrected chi connectivity index (χ4v) is 6.22. The lowest BCUT2D eigenvalue weighted by Crippen LogP contribution is -1.89. The van der Waals surface area contributed by atoms with Gasteiger partial charge in [-0.05, 0) is 45.8 Å². The molecule has 0 atom stereocenters. The molecule has 2 aromatic heterocycles. The number of fused-ring (bicyclic) bond motifs is 12. The Bertz CT molecular complexity index is 2280. The first-order valence-corrected chi connectivity index (χ1v) is 13.0. The Hall–Kier alpha value is -5.08. The van der Waals surface area contributed by atoms with Crippen molar-refractivity contribution < 1.29 is 0 Å². The lowest BCUT2D eigenvalue weighted by Gasteiger charge is -2.11. The van der Waals surface area contributed by atoms with Gasteiger partial charge in [-0.15, -0.1) is 0 Å². The average molecular weight is 481 g/mol. The largest absolute Gasteiger partial charge is 0.246 e. The van der Waals surface area contributed by atoms with Crippen molar-refractivity contribution in [2.45, 2.75) is 0 Å². The van der Waals surface area contributed by atoms with E-state index in [-0.39, 0.29) is 0 Å². The highest BCUT2D eigenvalue weighted by Crippen LogP contribution is 2.36. The summed E-state index contributed by atoms with van der Waals surface area (Å²) in [5.74, 6) is 0. The molecule has 174 valence electrons. The summed E-state index contributed by atoms with van der Waals surface area (Å²) in [5, 5.41) is 14.2. The van der Waals surface area contributed by atoms with Gasteiger partial charge in [0, 0.05) is 43.1 Å². The molecule has 38 heavy (non-hydrogen) atoms. The summed E-state index contributed by atoms with van der Waals surface area (Å²) in [6.45, 7) is 0. The van der Waals surface area contributed by atoms with E-state index in [0.29, 0.717) is 0 Å². The number of hydrogen-bond donors (Lipinski definition) is 0. The molecule has 0 amide bonds. The maximum Gasteiger partial charge on any atom is 0.0788 e. The summed E-state index contributed by atoms with van der Waals surface area (Å²) in [6, 6.07) is 43.7. The van der Waals surface area contributed by atoms with Gasteiger partial charge in [0.2, 0.25) is 0 Å². The molecule has 9 aromatic rings.